The topological polar surface area (TPSA) is 66.7 Å². The van der Waals surface area contributed by atoms with Gasteiger partial charge in [0.25, 0.3) is 5.91 Å². The van der Waals surface area contributed by atoms with Crippen LogP contribution in [0.15, 0.2) is 10.6 Å². The lowest BCUT2D eigenvalue weighted by molar-refractivity contribution is -0.130. The second-order valence-electron chi connectivity index (χ2n) is 6.87. The third-order valence-electron chi connectivity index (χ3n) is 5.38. The molecule has 6 nitrogen and oxygen atoms in total. The highest BCUT2D eigenvalue weighted by molar-refractivity contribution is 5.91. The van der Waals surface area contributed by atoms with Crippen LogP contribution in [0.4, 0.5) is 0 Å². The van der Waals surface area contributed by atoms with Crippen molar-refractivity contribution >= 4 is 11.8 Å². The number of aromatic nitrogens is 1. The van der Waals surface area contributed by atoms with Crippen LogP contribution in [0.5, 0.6) is 0 Å². The van der Waals surface area contributed by atoms with E-state index in [1.54, 1.807) is 6.07 Å². The Hall–Kier alpha value is -1.85. The fraction of sp³-hybridized carbons (Fsp3) is 0.722. The van der Waals surface area contributed by atoms with Crippen molar-refractivity contribution in [1.29, 1.82) is 0 Å². The van der Waals surface area contributed by atoms with Crippen molar-refractivity contribution in [2.24, 2.45) is 0 Å². The molecule has 3 heterocycles. The Morgan fingerprint density at radius 3 is 2.79 bits per heavy atom. The van der Waals surface area contributed by atoms with Gasteiger partial charge in [0.15, 0.2) is 0 Å². The zero-order chi connectivity index (χ0) is 17.1. The van der Waals surface area contributed by atoms with Crippen LogP contribution in [0.25, 0.3) is 0 Å². The molecule has 2 saturated heterocycles. The van der Waals surface area contributed by atoms with E-state index in [0.717, 1.165) is 50.9 Å². The molecule has 132 valence electrons. The molecule has 1 aromatic rings. The molecule has 2 fully saturated rings. The van der Waals surface area contributed by atoms with E-state index in [-0.39, 0.29) is 17.9 Å². The van der Waals surface area contributed by atoms with E-state index in [2.05, 4.69) is 19.0 Å². The molecule has 0 N–H and O–H groups in total. The predicted octanol–water partition coefficient (Wildman–Crippen LogP) is 2.81. The number of hydrogen-bond donors (Lipinski definition) is 0. The van der Waals surface area contributed by atoms with Gasteiger partial charge in [-0.3, -0.25) is 9.59 Å². The van der Waals surface area contributed by atoms with Gasteiger partial charge in [-0.2, -0.15) is 0 Å². The lowest BCUT2D eigenvalue weighted by atomic mass is 9.99. The summed E-state index contributed by atoms with van der Waals surface area (Å²) in [6.07, 6.45) is 5.45. The van der Waals surface area contributed by atoms with E-state index in [1.165, 1.54) is 0 Å². The molecule has 2 amide bonds. The zero-order valence-electron chi connectivity index (χ0n) is 14.7. The average molecular weight is 333 g/mol. The normalized spacial score (nSPS) is 21.8. The molecule has 0 aliphatic carbocycles. The van der Waals surface area contributed by atoms with Crippen molar-refractivity contribution in [2.75, 3.05) is 19.6 Å². The fourth-order valence-electron chi connectivity index (χ4n) is 3.89. The minimum atomic E-state index is -0.101. The van der Waals surface area contributed by atoms with E-state index in [4.69, 9.17) is 4.52 Å². The van der Waals surface area contributed by atoms with E-state index in [0.29, 0.717) is 24.6 Å². The Morgan fingerprint density at radius 1 is 1.33 bits per heavy atom. The first kappa shape index (κ1) is 17.0. The van der Waals surface area contributed by atoms with Crippen molar-refractivity contribution < 1.29 is 14.1 Å². The van der Waals surface area contributed by atoms with Gasteiger partial charge in [-0.25, -0.2) is 0 Å². The Morgan fingerprint density at radius 2 is 2.12 bits per heavy atom. The van der Waals surface area contributed by atoms with Crippen LogP contribution in [0.3, 0.4) is 0 Å². The van der Waals surface area contributed by atoms with Gasteiger partial charge < -0.3 is 14.3 Å². The second-order valence-corrected chi connectivity index (χ2v) is 6.87. The molecular formula is C18H27N3O3. The molecule has 24 heavy (non-hydrogen) atoms. The summed E-state index contributed by atoms with van der Waals surface area (Å²) in [5.41, 5.74) is 0.867. The molecule has 6 heteroatoms. The van der Waals surface area contributed by atoms with E-state index >= 15 is 0 Å². The molecule has 0 radical (unpaired) electrons. The number of carbonyl (C=O) groups is 2. The lowest BCUT2D eigenvalue weighted by Crippen LogP contribution is -2.50. The summed E-state index contributed by atoms with van der Waals surface area (Å²) in [6.45, 7) is 6.38. The number of carbonyl (C=O) groups excluding carboxylic acids is 2. The summed E-state index contributed by atoms with van der Waals surface area (Å²) in [5, 5.41) is 4.10. The summed E-state index contributed by atoms with van der Waals surface area (Å²) in [4.78, 5) is 28.5. The van der Waals surface area contributed by atoms with Gasteiger partial charge in [0, 0.05) is 44.1 Å². The van der Waals surface area contributed by atoms with Crippen molar-refractivity contribution in [3.05, 3.63) is 17.5 Å². The minimum Gasteiger partial charge on any atom is -0.351 e. The van der Waals surface area contributed by atoms with Crippen LogP contribution < -0.4 is 0 Å². The van der Waals surface area contributed by atoms with Crippen LogP contribution in [0, 0.1) is 0 Å². The summed E-state index contributed by atoms with van der Waals surface area (Å²) in [5.74, 6) is 0.790. The Balaban J connectivity index is 1.67. The molecule has 2 aliphatic rings. The number of hydrogen-bond acceptors (Lipinski definition) is 4. The molecular weight excluding hydrogens is 306 g/mol. The third-order valence-corrected chi connectivity index (χ3v) is 5.38. The number of amides is 2. The maximum atomic E-state index is 12.7. The lowest BCUT2D eigenvalue weighted by Gasteiger charge is -2.37. The van der Waals surface area contributed by atoms with Gasteiger partial charge >= 0.3 is 0 Å². The smallest absolute Gasteiger partial charge is 0.292 e. The highest BCUT2D eigenvalue weighted by atomic mass is 16.5. The average Bonchev–Trinajstić information content (AvgIpc) is 3.25. The van der Waals surface area contributed by atoms with Gasteiger partial charge in [-0.05, 0) is 32.1 Å². The van der Waals surface area contributed by atoms with Crippen LogP contribution in [0.1, 0.15) is 74.5 Å². The number of likely N-dealkylation sites (tertiary alicyclic amines) is 2. The standard InChI is InChI=1S/C18H27N3O3/c1-3-13(4-2)15-11-16(24-19-15)18(23)20-9-5-7-14(12-20)21-10-6-8-17(21)22/h11,13-14H,3-10,12H2,1-2H3. The maximum absolute atomic E-state index is 12.7. The van der Waals surface area contributed by atoms with E-state index in [1.807, 2.05) is 9.80 Å². The molecule has 0 aromatic carbocycles. The summed E-state index contributed by atoms with van der Waals surface area (Å²) in [7, 11) is 0. The van der Waals surface area contributed by atoms with Crippen molar-refractivity contribution in [3.63, 3.8) is 0 Å². The van der Waals surface area contributed by atoms with Crippen molar-refractivity contribution in [2.45, 2.75) is 64.3 Å². The van der Waals surface area contributed by atoms with Crippen LogP contribution in [-0.4, -0.2) is 52.4 Å². The molecule has 2 aliphatic heterocycles. The van der Waals surface area contributed by atoms with Crippen LogP contribution >= 0.6 is 0 Å². The summed E-state index contributed by atoms with van der Waals surface area (Å²) >= 11 is 0. The minimum absolute atomic E-state index is 0.101. The first-order valence-corrected chi connectivity index (χ1v) is 9.19. The molecule has 0 bridgehead atoms. The maximum Gasteiger partial charge on any atom is 0.292 e. The highest BCUT2D eigenvalue weighted by Crippen LogP contribution is 2.25. The predicted molar refractivity (Wildman–Crippen MR) is 89.7 cm³/mol. The molecule has 0 saturated carbocycles. The summed E-state index contributed by atoms with van der Waals surface area (Å²) < 4.78 is 5.32. The van der Waals surface area contributed by atoms with Crippen LogP contribution in [0.2, 0.25) is 0 Å². The second kappa shape index (κ2) is 7.36. The quantitative estimate of drug-likeness (QED) is 0.831. The van der Waals surface area contributed by atoms with Gasteiger partial charge in [0.2, 0.25) is 11.7 Å². The Bertz CT molecular complexity index is 594. The number of rotatable bonds is 5. The first-order valence-electron chi connectivity index (χ1n) is 9.19. The fourth-order valence-corrected chi connectivity index (χ4v) is 3.89. The van der Waals surface area contributed by atoms with E-state index < -0.39 is 0 Å². The van der Waals surface area contributed by atoms with Gasteiger partial charge in [-0.1, -0.05) is 19.0 Å². The SMILES string of the molecule is CCC(CC)c1cc(C(=O)N2CCCC(N3CCCC3=O)C2)on1. The molecule has 1 unspecified atom stereocenters. The zero-order valence-corrected chi connectivity index (χ0v) is 14.7. The van der Waals surface area contributed by atoms with Crippen LogP contribution in [-0.2, 0) is 4.79 Å². The highest BCUT2D eigenvalue weighted by Gasteiger charge is 2.34. The van der Waals surface area contributed by atoms with E-state index in [9.17, 15) is 9.59 Å². The monoisotopic (exact) mass is 333 g/mol. The van der Waals surface area contributed by atoms with Crippen molar-refractivity contribution in [1.82, 2.24) is 15.0 Å². The van der Waals surface area contributed by atoms with Crippen molar-refractivity contribution in [3.8, 4) is 0 Å². The Kier molecular flexibility index (Phi) is 5.21. The first-order chi connectivity index (χ1) is 11.6. The molecule has 1 atom stereocenters. The third kappa shape index (κ3) is 3.32. The van der Waals surface area contributed by atoms with Gasteiger partial charge in [-0.15, -0.1) is 0 Å². The Labute approximate surface area is 143 Å². The largest absolute Gasteiger partial charge is 0.351 e. The number of nitrogens with zero attached hydrogens (tertiary/aromatic N) is 3. The van der Waals surface area contributed by atoms with Gasteiger partial charge in [0.05, 0.1) is 5.69 Å². The molecule has 1 aromatic heterocycles. The molecule has 3 rings (SSSR count). The number of piperidine rings is 1. The summed E-state index contributed by atoms with van der Waals surface area (Å²) in [6, 6.07) is 1.95. The molecule has 0 spiro atoms. The van der Waals surface area contributed by atoms with Gasteiger partial charge in [0.1, 0.15) is 0 Å².